The standard InChI is InChI=1S/C26H31N3O5S/c1-18(2)29-12-13-35(32,33)26(17-29,15-25(30)28-31)21-8-10-22(11-9-21)34-16-20-14-19(3)27-24-7-5-4-6-23(20)24/h4-11,14,18,31H,12-13,15-17H2,1-3H3,(H,28,30). The number of rotatable bonds is 7. The van der Waals surface area contributed by atoms with Crippen molar-refractivity contribution in [2.45, 2.75) is 44.6 Å². The Balaban J connectivity index is 1.63. The van der Waals surface area contributed by atoms with E-state index < -0.39 is 20.5 Å². The van der Waals surface area contributed by atoms with Crippen LogP contribution >= 0.6 is 0 Å². The molecule has 0 radical (unpaired) electrons. The lowest BCUT2D eigenvalue weighted by Gasteiger charge is -2.43. The number of ether oxygens (including phenoxy) is 1. The van der Waals surface area contributed by atoms with E-state index in [1.54, 1.807) is 29.7 Å². The number of amides is 1. The molecule has 1 aromatic heterocycles. The van der Waals surface area contributed by atoms with Crippen molar-refractivity contribution in [3.05, 3.63) is 71.4 Å². The van der Waals surface area contributed by atoms with E-state index in [-0.39, 0.29) is 24.8 Å². The number of hydroxylamine groups is 1. The first kappa shape index (κ1) is 25.1. The number of nitrogens with zero attached hydrogens (tertiary/aromatic N) is 2. The summed E-state index contributed by atoms with van der Waals surface area (Å²) in [5.74, 6) is -0.209. The molecular formula is C26H31N3O5S. The van der Waals surface area contributed by atoms with Crippen LogP contribution < -0.4 is 10.2 Å². The highest BCUT2D eigenvalue weighted by atomic mass is 32.2. The van der Waals surface area contributed by atoms with Crippen molar-refractivity contribution < 1.29 is 23.2 Å². The van der Waals surface area contributed by atoms with Gasteiger partial charge >= 0.3 is 0 Å². The van der Waals surface area contributed by atoms with Gasteiger partial charge < -0.3 is 4.74 Å². The number of hydrogen-bond donors (Lipinski definition) is 2. The third kappa shape index (κ3) is 5.03. The predicted molar refractivity (Wildman–Crippen MR) is 134 cm³/mol. The SMILES string of the molecule is Cc1cc(COc2ccc(C3(CC(=O)NO)CN(C(C)C)CCS3(=O)=O)cc2)c2ccccc2n1. The average Bonchev–Trinajstić information content (AvgIpc) is 2.83. The van der Waals surface area contributed by atoms with Crippen molar-refractivity contribution >= 4 is 26.6 Å². The molecule has 8 nitrogen and oxygen atoms in total. The van der Waals surface area contributed by atoms with Crippen LogP contribution in [0, 0.1) is 6.92 Å². The Morgan fingerprint density at radius 3 is 2.60 bits per heavy atom. The van der Waals surface area contributed by atoms with Gasteiger partial charge in [0.15, 0.2) is 9.84 Å². The Bertz CT molecular complexity index is 1320. The highest BCUT2D eigenvalue weighted by Gasteiger charge is 2.51. The summed E-state index contributed by atoms with van der Waals surface area (Å²) in [6, 6.07) is 16.9. The van der Waals surface area contributed by atoms with E-state index in [0.717, 1.165) is 22.2 Å². The van der Waals surface area contributed by atoms with Crippen LogP contribution in [-0.2, 0) is 26.0 Å². The monoisotopic (exact) mass is 497 g/mol. The van der Waals surface area contributed by atoms with Gasteiger partial charge in [-0.05, 0) is 50.6 Å². The van der Waals surface area contributed by atoms with Gasteiger partial charge in [-0.3, -0.25) is 19.9 Å². The van der Waals surface area contributed by atoms with E-state index in [1.807, 2.05) is 56.0 Å². The maximum absolute atomic E-state index is 13.4. The molecule has 2 heterocycles. The smallest absolute Gasteiger partial charge is 0.245 e. The average molecular weight is 498 g/mol. The molecule has 0 spiro atoms. The third-order valence-electron chi connectivity index (χ3n) is 6.71. The lowest BCUT2D eigenvalue weighted by atomic mass is 9.92. The maximum Gasteiger partial charge on any atom is 0.245 e. The number of nitrogens with one attached hydrogen (secondary N) is 1. The zero-order chi connectivity index (χ0) is 25.2. The lowest BCUT2D eigenvalue weighted by molar-refractivity contribution is -0.130. The van der Waals surface area contributed by atoms with Gasteiger partial charge in [0.1, 0.15) is 17.1 Å². The molecule has 1 aliphatic heterocycles. The Morgan fingerprint density at radius 1 is 1.20 bits per heavy atom. The molecule has 35 heavy (non-hydrogen) atoms. The topological polar surface area (TPSA) is 109 Å². The van der Waals surface area contributed by atoms with Crippen molar-refractivity contribution in [3.63, 3.8) is 0 Å². The van der Waals surface area contributed by atoms with Gasteiger partial charge in [0.2, 0.25) is 5.91 Å². The molecule has 1 saturated heterocycles. The van der Waals surface area contributed by atoms with Crippen LogP contribution in [0.25, 0.3) is 10.9 Å². The van der Waals surface area contributed by atoms with Gasteiger partial charge in [-0.1, -0.05) is 30.3 Å². The summed E-state index contributed by atoms with van der Waals surface area (Å²) in [6.45, 7) is 6.84. The fourth-order valence-electron chi connectivity index (χ4n) is 4.75. The third-order valence-corrected chi connectivity index (χ3v) is 9.13. The number of fused-ring (bicyclic) bond motifs is 1. The molecule has 1 aliphatic rings. The van der Waals surface area contributed by atoms with Crippen molar-refractivity contribution in [1.29, 1.82) is 0 Å². The molecular weight excluding hydrogens is 466 g/mol. The van der Waals surface area contributed by atoms with Crippen molar-refractivity contribution in [2.75, 3.05) is 18.8 Å². The van der Waals surface area contributed by atoms with Gasteiger partial charge in [-0.15, -0.1) is 0 Å². The molecule has 2 N–H and O–H groups in total. The van der Waals surface area contributed by atoms with Gasteiger partial charge in [0.25, 0.3) is 0 Å². The Hall–Kier alpha value is -3.01. The largest absolute Gasteiger partial charge is 0.489 e. The fraction of sp³-hybridized carbons (Fsp3) is 0.385. The predicted octanol–water partition coefficient (Wildman–Crippen LogP) is 3.35. The van der Waals surface area contributed by atoms with Crippen LogP contribution in [-0.4, -0.2) is 54.3 Å². The zero-order valence-corrected chi connectivity index (χ0v) is 21.0. The van der Waals surface area contributed by atoms with E-state index in [1.165, 1.54) is 0 Å². The normalized spacial score (nSPS) is 20.1. The van der Waals surface area contributed by atoms with E-state index in [0.29, 0.717) is 24.5 Å². The lowest BCUT2D eigenvalue weighted by Crippen LogP contribution is -2.57. The van der Waals surface area contributed by atoms with Gasteiger partial charge in [0, 0.05) is 35.8 Å². The van der Waals surface area contributed by atoms with E-state index in [2.05, 4.69) is 4.98 Å². The highest BCUT2D eigenvalue weighted by Crippen LogP contribution is 2.40. The second kappa shape index (κ2) is 9.93. The highest BCUT2D eigenvalue weighted by molar-refractivity contribution is 7.92. The number of carbonyl (C=O) groups excluding carboxylic acids is 1. The second-order valence-electron chi connectivity index (χ2n) is 9.34. The summed E-state index contributed by atoms with van der Waals surface area (Å²) in [5, 5.41) is 10.2. The van der Waals surface area contributed by atoms with E-state index in [4.69, 9.17) is 9.94 Å². The fourth-order valence-corrected chi connectivity index (χ4v) is 6.82. The first-order chi connectivity index (χ1) is 16.6. The Labute approximate surface area is 205 Å². The van der Waals surface area contributed by atoms with Gasteiger partial charge in [0.05, 0.1) is 17.7 Å². The van der Waals surface area contributed by atoms with Crippen LogP contribution in [0.1, 0.15) is 37.1 Å². The second-order valence-corrected chi connectivity index (χ2v) is 11.8. The Kier molecular flexibility index (Phi) is 7.12. The minimum Gasteiger partial charge on any atom is -0.489 e. The summed E-state index contributed by atoms with van der Waals surface area (Å²) in [4.78, 5) is 18.8. The molecule has 1 amide bonds. The quantitative estimate of drug-likeness (QED) is 0.381. The minimum absolute atomic E-state index is 0.0589. The van der Waals surface area contributed by atoms with Crippen LogP contribution in [0.3, 0.4) is 0 Å². The molecule has 4 rings (SSSR count). The molecule has 1 unspecified atom stereocenters. The summed E-state index contributed by atoms with van der Waals surface area (Å²) in [5.41, 5.74) is 4.93. The van der Waals surface area contributed by atoms with Crippen LogP contribution in [0.5, 0.6) is 5.75 Å². The minimum atomic E-state index is -3.67. The van der Waals surface area contributed by atoms with Crippen LogP contribution in [0.15, 0.2) is 54.6 Å². The Morgan fingerprint density at radius 2 is 1.91 bits per heavy atom. The molecule has 1 atom stereocenters. The molecule has 9 heteroatoms. The summed E-state index contributed by atoms with van der Waals surface area (Å²) in [6.07, 6.45) is -0.364. The molecule has 1 fully saturated rings. The zero-order valence-electron chi connectivity index (χ0n) is 20.2. The van der Waals surface area contributed by atoms with Crippen LogP contribution in [0.2, 0.25) is 0 Å². The number of carbonyl (C=O) groups is 1. The molecule has 3 aromatic rings. The van der Waals surface area contributed by atoms with Crippen molar-refractivity contribution in [3.8, 4) is 5.75 Å². The molecule has 0 saturated carbocycles. The van der Waals surface area contributed by atoms with Crippen molar-refractivity contribution in [1.82, 2.24) is 15.4 Å². The van der Waals surface area contributed by atoms with Crippen molar-refractivity contribution in [2.24, 2.45) is 0 Å². The van der Waals surface area contributed by atoms with Gasteiger partial charge in [-0.2, -0.15) is 0 Å². The number of aromatic nitrogens is 1. The first-order valence-electron chi connectivity index (χ1n) is 11.6. The van der Waals surface area contributed by atoms with Crippen LogP contribution in [0.4, 0.5) is 0 Å². The number of pyridine rings is 1. The number of benzene rings is 2. The van der Waals surface area contributed by atoms with Gasteiger partial charge in [-0.25, -0.2) is 13.9 Å². The van der Waals surface area contributed by atoms with E-state index >= 15 is 0 Å². The number of aryl methyl sites for hydroxylation is 1. The molecule has 0 aliphatic carbocycles. The summed E-state index contributed by atoms with van der Waals surface area (Å²) in [7, 11) is -3.67. The first-order valence-corrected chi connectivity index (χ1v) is 13.3. The molecule has 186 valence electrons. The summed E-state index contributed by atoms with van der Waals surface area (Å²) >= 11 is 0. The van der Waals surface area contributed by atoms with E-state index in [9.17, 15) is 13.2 Å². The number of para-hydroxylation sites is 1. The molecule has 0 bridgehead atoms. The molecule has 2 aromatic carbocycles. The summed E-state index contributed by atoms with van der Waals surface area (Å²) < 4.78 is 31.3. The number of sulfone groups is 1. The number of hydrogen-bond acceptors (Lipinski definition) is 7. The maximum atomic E-state index is 13.4.